The molecule has 0 aromatic heterocycles. The second kappa shape index (κ2) is 5.79. The van der Waals surface area contributed by atoms with Crippen molar-refractivity contribution in [3.05, 3.63) is 65.5 Å². The molecule has 0 saturated heterocycles. The van der Waals surface area contributed by atoms with Gasteiger partial charge < -0.3 is 10.2 Å². The summed E-state index contributed by atoms with van der Waals surface area (Å²) in [5.74, 6) is -0.529. The Bertz CT molecular complexity index is 687. The van der Waals surface area contributed by atoms with E-state index in [0.717, 1.165) is 5.56 Å². The number of carbonyl (C=O) groups is 1. The zero-order chi connectivity index (χ0) is 15.7. The van der Waals surface area contributed by atoms with E-state index in [4.69, 9.17) is 0 Å². The summed E-state index contributed by atoms with van der Waals surface area (Å²) >= 11 is 0. The van der Waals surface area contributed by atoms with Crippen LogP contribution in [0.3, 0.4) is 0 Å². The Labute approximate surface area is 129 Å². The molecule has 0 radical (unpaired) electrons. The molecule has 2 aromatic rings. The van der Waals surface area contributed by atoms with Gasteiger partial charge in [-0.2, -0.15) is 0 Å². The Hall–Kier alpha value is -2.36. The van der Waals surface area contributed by atoms with Gasteiger partial charge in [0.25, 0.3) is 5.91 Å². The number of carbonyl (C=O) groups excluding carboxylic acids is 1. The van der Waals surface area contributed by atoms with Gasteiger partial charge in [-0.25, -0.2) is 4.39 Å². The van der Waals surface area contributed by atoms with Crippen LogP contribution >= 0.6 is 0 Å². The average Bonchev–Trinajstić information content (AvgIpc) is 2.65. The molecular weight excluding hydrogens is 279 g/mol. The third kappa shape index (κ3) is 2.69. The van der Waals surface area contributed by atoms with Gasteiger partial charge in [0, 0.05) is 18.3 Å². The number of nitrogens with one attached hydrogen (secondary N) is 1. The fourth-order valence-corrected chi connectivity index (χ4v) is 2.91. The summed E-state index contributed by atoms with van der Waals surface area (Å²) in [6.45, 7) is 4.60. The predicted octanol–water partition coefficient (Wildman–Crippen LogP) is 3.84. The molecule has 4 heteroatoms. The van der Waals surface area contributed by atoms with Gasteiger partial charge in [0.05, 0.1) is 11.6 Å². The van der Waals surface area contributed by atoms with E-state index >= 15 is 0 Å². The lowest BCUT2D eigenvalue weighted by molar-refractivity contribution is 0.0692. The minimum absolute atomic E-state index is 0.0628. The van der Waals surface area contributed by atoms with Crippen molar-refractivity contribution >= 4 is 11.6 Å². The first-order chi connectivity index (χ1) is 10.6. The molecule has 1 aliphatic heterocycles. The number of anilines is 1. The Balaban J connectivity index is 2.00. The molecule has 1 N–H and O–H groups in total. The predicted molar refractivity (Wildman–Crippen MR) is 85.4 cm³/mol. The van der Waals surface area contributed by atoms with Crippen LogP contribution in [0.2, 0.25) is 0 Å². The van der Waals surface area contributed by atoms with Crippen LogP contribution in [-0.4, -0.2) is 23.4 Å². The molecule has 3 nitrogen and oxygen atoms in total. The minimum atomic E-state index is -0.393. The van der Waals surface area contributed by atoms with Crippen LogP contribution in [-0.2, 0) is 0 Å². The van der Waals surface area contributed by atoms with Crippen molar-refractivity contribution in [2.24, 2.45) is 0 Å². The molecule has 0 aliphatic carbocycles. The molecule has 0 spiro atoms. The maximum Gasteiger partial charge on any atom is 0.256 e. The first-order valence-electron chi connectivity index (χ1n) is 7.48. The molecule has 1 heterocycles. The smallest absolute Gasteiger partial charge is 0.256 e. The number of fused-ring (bicyclic) bond motifs is 1. The van der Waals surface area contributed by atoms with E-state index in [1.54, 1.807) is 11.0 Å². The van der Waals surface area contributed by atoms with Crippen molar-refractivity contribution < 1.29 is 9.18 Å². The molecule has 22 heavy (non-hydrogen) atoms. The molecule has 1 amide bonds. The number of halogens is 1. The van der Waals surface area contributed by atoms with Crippen molar-refractivity contribution in [1.29, 1.82) is 0 Å². The molecule has 2 aromatic carbocycles. The first kappa shape index (κ1) is 14.6. The second-order valence-electron chi connectivity index (χ2n) is 5.78. The zero-order valence-electron chi connectivity index (χ0n) is 12.7. The van der Waals surface area contributed by atoms with Crippen molar-refractivity contribution in [1.82, 2.24) is 4.90 Å². The lowest BCUT2D eigenvalue weighted by atomic mass is 10.1. The van der Waals surface area contributed by atoms with E-state index in [1.165, 1.54) is 12.1 Å². The summed E-state index contributed by atoms with van der Waals surface area (Å²) in [5, 5.41) is 3.29. The van der Waals surface area contributed by atoms with Gasteiger partial charge in [0.2, 0.25) is 0 Å². The molecular formula is C18H19FN2O. The van der Waals surface area contributed by atoms with E-state index in [0.29, 0.717) is 17.8 Å². The van der Waals surface area contributed by atoms with E-state index in [1.807, 2.05) is 44.2 Å². The van der Waals surface area contributed by atoms with Crippen molar-refractivity contribution in [2.75, 3.05) is 11.9 Å². The monoisotopic (exact) mass is 298 g/mol. The fraction of sp³-hybridized carbons (Fsp3) is 0.278. The molecule has 2 atom stereocenters. The van der Waals surface area contributed by atoms with Gasteiger partial charge >= 0.3 is 0 Å². The minimum Gasteiger partial charge on any atom is -0.380 e. The van der Waals surface area contributed by atoms with Crippen LogP contribution in [0.1, 0.15) is 35.8 Å². The Kier molecular flexibility index (Phi) is 3.84. The summed E-state index contributed by atoms with van der Waals surface area (Å²) in [7, 11) is 0. The highest BCUT2D eigenvalue weighted by atomic mass is 19.1. The molecule has 0 fully saturated rings. The third-order valence-corrected chi connectivity index (χ3v) is 4.09. The van der Waals surface area contributed by atoms with Gasteiger partial charge in [-0.3, -0.25) is 4.79 Å². The maximum atomic E-state index is 13.6. The van der Waals surface area contributed by atoms with Crippen LogP contribution in [0.15, 0.2) is 48.5 Å². The second-order valence-corrected chi connectivity index (χ2v) is 5.78. The number of benzene rings is 2. The third-order valence-electron chi connectivity index (χ3n) is 4.09. The van der Waals surface area contributed by atoms with Crippen LogP contribution in [0, 0.1) is 5.82 Å². The van der Waals surface area contributed by atoms with Crippen LogP contribution in [0.25, 0.3) is 0 Å². The van der Waals surface area contributed by atoms with Crippen LogP contribution in [0.4, 0.5) is 10.1 Å². The normalized spacial score (nSPS) is 19.1. The van der Waals surface area contributed by atoms with E-state index in [2.05, 4.69) is 5.32 Å². The lowest BCUT2D eigenvalue weighted by Crippen LogP contribution is -2.38. The maximum absolute atomic E-state index is 13.6. The van der Waals surface area contributed by atoms with Crippen molar-refractivity contribution in [3.63, 3.8) is 0 Å². The summed E-state index contributed by atoms with van der Waals surface area (Å²) in [6.07, 6.45) is 0. The van der Waals surface area contributed by atoms with E-state index in [-0.39, 0.29) is 18.0 Å². The highest BCUT2D eigenvalue weighted by Gasteiger charge is 2.29. The quantitative estimate of drug-likeness (QED) is 0.913. The molecule has 0 saturated carbocycles. The lowest BCUT2D eigenvalue weighted by Gasteiger charge is -2.30. The van der Waals surface area contributed by atoms with Crippen LogP contribution in [0.5, 0.6) is 0 Å². The van der Waals surface area contributed by atoms with Crippen molar-refractivity contribution in [2.45, 2.75) is 25.9 Å². The molecule has 3 rings (SSSR count). The largest absolute Gasteiger partial charge is 0.380 e. The Morgan fingerprint density at radius 1 is 1.23 bits per heavy atom. The van der Waals surface area contributed by atoms with E-state index < -0.39 is 5.82 Å². The SMILES string of the molecule is C[C@H](c1ccccc1)N1C[C@H](C)Nc2ccc(F)cc2C1=O. The summed E-state index contributed by atoms with van der Waals surface area (Å²) < 4.78 is 13.6. The highest BCUT2D eigenvalue weighted by Crippen LogP contribution is 2.29. The highest BCUT2D eigenvalue weighted by molar-refractivity contribution is 6.00. The van der Waals surface area contributed by atoms with Gasteiger partial charge in [0.1, 0.15) is 5.82 Å². The van der Waals surface area contributed by atoms with E-state index in [9.17, 15) is 9.18 Å². The first-order valence-corrected chi connectivity index (χ1v) is 7.48. The number of rotatable bonds is 2. The summed E-state index contributed by atoms with van der Waals surface area (Å²) in [5.41, 5.74) is 2.16. The van der Waals surface area contributed by atoms with Crippen LogP contribution < -0.4 is 5.32 Å². The summed E-state index contributed by atoms with van der Waals surface area (Å²) in [4.78, 5) is 14.7. The zero-order valence-corrected chi connectivity index (χ0v) is 12.7. The van der Waals surface area contributed by atoms with Gasteiger partial charge in [-0.1, -0.05) is 30.3 Å². The molecule has 114 valence electrons. The fourth-order valence-electron chi connectivity index (χ4n) is 2.91. The standard InChI is InChI=1S/C18H19FN2O/c1-12-11-21(13(2)14-6-4-3-5-7-14)18(22)16-10-15(19)8-9-17(16)20-12/h3-10,12-13,20H,11H2,1-2H3/t12-,13+/m0/s1. The number of amides is 1. The Morgan fingerprint density at radius 3 is 2.68 bits per heavy atom. The topological polar surface area (TPSA) is 32.3 Å². The summed E-state index contributed by atoms with van der Waals surface area (Å²) in [6, 6.07) is 14.3. The number of hydrogen-bond acceptors (Lipinski definition) is 2. The van der Waals surface area contributed by atoms with Gasteiger partial charge in [-0.05, 0) is 37.6 Å². The molecule has 0 bridgehead atoms. The number of nitrogens with zero attached hydrogens (tertiary/aromatic N) is 1. The van der Waals surface area contributed by atoms with Gasteiger partial charge in [-0.15, -0.1) is 0 Å². The molecule has 1 aliphatic rings. The number of hydrogen-bond donors (Lipinski definition) is 1. The van der Waals surface area contributed by atoms with Gasteiger partial charge in [0.15, 0.2) is 0 Å². The van der Waals surface area contributed by atoms with Crippen molar-refractivity contribution in [3.8, 4) is 0 Å². The average molecular weight is 298 g/mol. The molecule has 0 unspecified atom stereocenters. The Morgan fingerprint density at radius 2 is 1.95 bits per heavy atom.